The third-order valence-electron chi connectivity index (χ3n) is 3.71. The molecule has 1 N–H and O–H groups in total. The Labute approximate surface area is 158 Å². The third-order valence-corrected chi connectivity index (χ3v) is 3.71. The number of benzene rings is 2. The van der Waals surface area contributed by atoms with Gasteiger partial charge in [-0.3, -0.25) is 4.79 Å². The van der Waals surface area contributed by atoms with Gasteiger partial charge in [-0.25, -0.2) is 5.43 Å². The fraction of sp³-hybridized carbons (Fsp3) is 0.300. The van der Waals surface area contributed by atoms with Crippen LogP contribution in [0, 0.1) is 0 Å². The minimum atomic E-state index is -0.336. The van der Waals surface area contributed by atoms with Gasteiger partial charge in [0.15, 0.2) is 18.1 Å². The van der Waals surface area contributed by atoms with Crippen molar-refractivity contribution in [3.63, 3.8) is 0 Å². The lowest BCUT2D eigenvalue weighted by molar-refractivity contribution is -0.123. The van der Waals surface area contributed by atoms with E-state index in [1.165, 1.54) is 0 Å². The van der Waals surface area contributed by atoms with Crippen LogP contribution in [0.15, 0.2) is 47.6 Å². The van der Waals surface area contributed by atoms with Crippen molar-refractivity contribution in [2.45, 2.75) is 13.3 Å². The van der Waals surface area contributed by atoms with Crippen molar-refractivity contribution in [2.24, 2.45) is 5.10 Å². The van der Waals surface area contributed by atoms with Gasteiger partial charge in [0.2, 0.25) is 0 Å². The van der Waals surface area contributed by atoms with E-state index < -0.39 is 0 Å². The maximum atomic E-state index is 11.9. The van der Waals surface area contributed by atoms with E-state index in [-0.39, 0.29) is 12.5 Å². The summed E-state index contributed by atoms with van der Waals surface area (Å²) in [5, 5.41) is 4.10. The Hall–Kier alpha value is -3.22. The lowest BCUT2D eigenvalue weighted by Gasteiger charge is -2.09. The largest absolute Gasteiger partial charge is 0.497 e. The van der Waals surface area contributed by atoms with Crippen LogP contribution in [-0.2, 0) is 11.2 Å². The Morgan fingerprint density at radius 1 is 0.926 bits per heavy atom. The molecule has 2 rings (SSSR count). The summed E-state index contributed by atoms with van der Waals surface area (Å²) < 4.78 is 21.0. The summed E-state index contributed by atoms with van der Waals surface area (Å²) in [5.74, 6) is 2.29. The standard InChI is InChI=1S/C20H24N2O5/c1-14(11-15-5-10-18(25-3)19(12-15)26-4)21-22-20(23)13-27-17-8-6-16(24-2)7-9-17/h5-10,12H,11,13H2,1-4H3,(H,22,23). The van der Waals surface area contributed by atoms with Crippen molar-refractivity contribution >= 4 is 11.6 Å². The molecule has 0 saturated heterocycles. The van der Waals surface area contributed by atoms with Gasteiger partial charge >= 0.3 is 0 Å². The second-order valence-corrected chi connectivity index (χ2v) is 5.71. The van der Waals surface area contributed by atoms with Crippen molar-refractivity contribution in [3.8, 4) is 23.0 Å². The summed E-state index contributed by atoms with van der Waals surface area (Å²) >= 11 is 0. The molecule has 0 aliphatic carbocycles. The molecule has 0 heterocycles. The number of ether oxygens (including phenoxy) is 4. The van der Waals surface area contributed by atoms with Crippen LogP contribution in [0.5, 0.6) is 23.0 Å². The first-order valence-electron chi connectivity index (χ1n) is 8.35. The summed E-state index contributed by atoms with van der Waals surface area (Å²) in [6, 6.07) is 12.6. The zero-order valence-electron chi connectivity index (χ0n) is 15.9. The Bertz CT molecular complexity index is 787. The van der Waals surface area contributed by atoms with E-state index in [0.29, 0.717) is 23.7 Å². The Kier molecular flexibility index (Phi) is 7.49. The number of methoxy groups -OCH3 is 3. The molecule has 0 fully saturated rings. The number of amides is 1. The Morgan fingerprint density at radius 3 is 2.22 bits per heavy atom. The average Bonchev–Trinajstić information content (AvgIpc) is 2.70. The normalized spacial score (nSPS) is 10.9. The van der Waals surface area contributed by atoms with Crippen LogP contribution >= 0.6 is 0 Å². The molecular weight excluding hydrogens is 348 g/mol. The highest BCUT2D eigenvalue weighted by Crippen LogP contribution is 2.27. The summed E-state index contributed by atoms with van der Waals surface area (Å²) in [4.78, 5) is 11.9. The van der Waals surface area contributed by atoms with Gasteiger partial charge in [0.1, 0.15) is 11.5 Å². The summed E-state index contributed by atoms with van der Waals surface area (Å²) in [5.41, 5.74) is 4.24. The minimum Gasteiger partial charge on any atom is -0.497 e. The molecule has 0 atom stereocenters. The lowest BCUT2D eigenvalue weighted by Crippen LogP contribution is -2.25. The van der Waals surface area contributed by atoms with Gasteiger partial charge in [-0.2, -0.15) is 5.10 Å². The van der Waals surface area contributed by atoms with Gasteiger partial charge in [-0.15, -0.1) is 0 Å². The molecule has 0 aromatic heterocycles. The average molecular weight is 372 g/mol. The maximum Gasteiger partial charge on any atom is 0.277 e. The predicted molar refractivity (Wildman–Crippen MR) is 103 cm³/mol. The molecule has 7 heteroatoms. The molecular formula is C20H24N2O5. The monoisotopic (exact) mass is 372 g/mol. The molecule has 144 valence electrons. The number of carbonyl (C=O) groups is 1. The number of carbonyl (C=O) groups excluding carboxylic acids is 1. The van der Waals surface area contributed by atoms with Crippen LogP contribution in [0.25, 0.3) is 0 Å². The van der Waals surface area contributed by atoms with Crippen molar-refractivity contribution < 1.29 is 23.7 Å². The van der Waals surface area contributed by atoms with Gasteiger partial charge in [0.05, 0.1) is 21.3 Å². The number of hydrogen-bond acceptors (Lipinski definition) is 6. The molecule has 27 heavy (non-hydrogen) atoms. The van der Waals surface area contributed by atoms with Gasteiger partial charge in [-0.05, 0) is 48.9 Å². The van der Waals surface area contributed by atoms with Crippen LogP contribution in [-0.4, -0.2) is 39.6 Å². The zero-order valence-corrected chi connectivity index (χ0v) is 15.9. The van der Waals surface area contributed by atoms with E-state index >= 15 is 0 Å². The molecule has 0 spiro atoms. The van der Waals surface area contributed by atoms with E-state index in [1.807, 2.05) is 25.1 Å². The topological polar surface area (TPSA) is 78.4 Å². The summed E-state index contributed by atoms with van der Waals surface area (Å²) in [6.45, 7) is 1.71. The zero-order chi connectivity index (χ0) is 19.6. The van der Waals surface area contributed by atoms with Crippen LogP contribution in [0.3, 0.4) is 0 Å². The van der Waals surface area contributed by atoms with Gasteiger partial charge < -0.3 is 18.9 Å². The quantitative estimate of drug-likeness (QED) is 0.541. The Morgan fingerprint density at radius 2 is 1.59 bits per heavy atom. The van der Waals surface area contributed by atoms with Crippen molar-refractivity contribution in [1.82, 2.24) is 5.43 Å². The van der Waals surface area contributed by atoms with Gasteiger partial charge in [0.25, 0.3) is 5.91 Å². The fourth-order valence-electron chi connectivity index (χ4n) is 2.34. The highest BCUT2D eigenvalue weighted by atomic mass is 16.5. The molecule has 0 aliphatic heterocycles. The van der Waals surface area contributed by atoms with E-state index in [4.69, 9.17) is 18.9 Å². The molecule has 0 radical (unpaired) electrons. The number of hydrazone groups is 1. The Balaban J connectivity index is 1.84. The SMILES string of the molecule is COc1ccc(OCC(=O)NN=C(C)Cc2ccc(OC)c(OC)c2)cc1. The highest BCUT2D eigenvalue weighted by Gasteiger charge is 2.06. The van der Waals surface area contributed by atoms with Gasteiger partial charge in [0, 0.05) is 12.1 Å². The molecule has 0 saturated carbocycles. The number of nitrogens with one attached hydrogen (secondary N) is 1. The molecule has 2 aromatic rings. The van der Waals surface area contributed by atoms with Crippen molar-refractivity contribution in [2.75, 3.05) is 27.9 Å². The first kappa shape index (κ1) is 20.1. The second-order valence-electron chi connectivity index (χ2n) is 5.71. The molecule has 0 unspecified atom stereocenters. The minimum absolute atomic E-state index is 0.126. The summed E-state index contributed by atoms with van der Waals surface area (Å²) in [6.07, 6.45) is 0.569. The molecule has 7 nitrogen and oxygen atoms in total. The van der Waals surface area contributed by atoms with Gasteiger partial charge in [-0.1, -0.05) is 6.07 Å². The lowest BCUT2D eigenvalue weighted by atomic mass is 10.1. The second kappa shape index (κ2) is 10.1. The number of nitrogens with zero attached hydrogens (tertiary/aromatic N) is 1. The van der Waals surface area contributed by atoms with Crippen LogP contribution in [0.4, 0.5) is 0 Å². The first-order valence-corrected chi connectivity index (χ1v) is 8.35. The van der Waals surface area contributed by atoms with E-state index in [1.54, 1.807) is 45.6 Å². The molecule has 0 aliphatic rings. The smallest absolute Gasteiger partial charge is 0.277 e. The number of rotatable bonds is 9. The maximum absolute atomic E-state index is 11.9. The fourth-order valence-corrected chi connectivity index (χ4v) is 2.34. The third kappa shape index (κ3) is 6.22. The number of hydrogen-bond donors (Lipinski definition) is 1. The van der Waals surface area contributed by atoms with Crippen molar-refractivity contribution in [1.29, 1.82) is 0 Å². The van der Waals surface area contributed by atoms with Crippen LogP contribution < -0.4 is 24.4 Å². The van der Waals surface area contributed by atoms with Crippen LogP contribution in [0.1, 0.15) is 12.5 Å². The van der Waals surface area contributed by atoms with E-state index in [9.17, 15) is 4.79 Å². The van der Waals surface area contributed by atoms with E-state index in [0.717, 1.165) is 17.0 Å². The molecule has 1 amide bonds. The van der Waals surface area contributed by atoms with Crippen LogP contribution in [0.2, 0.25) is 0 Å². The van der Waals surface area contributed by atoms with E-state index in [2.05, 4.69) is 10.5 Å². The predicted octanol–water partition coefficient (Wildman–Crippen LogP) is 2.83. The summed E-state index contributed by atoms with van der Waals surface area (Å²) in [7, 11) is 4.77. The van der Waals surface area contributed by atoms with Crippen molar-refractivity contribution in [3.05, 3.63) is 48.0 Å². The highest BCUT2D eigenvalue weighted by molar-refractivity contribution is 5.86. The molecule has 2 aromatic carbocycles. The molecule has 0 bridgehead atoms. The first-order chi connectivity index (χ1) is 13.0.